The lowest BCUT2D eigenvalue weighted by molar-refractivity contribution is -0.182. The van der Waals surface area contributed by atoms with Crippen LogP contribution >= 0.6 is 36.2 Å². The molecule has 6 fully saturated rings. The Hall–Kier alpha value is -5.96. The van der Waals surface area contributed by atoms with Gasteiger partial charge >= 0.3 is 0 Å². The zero-order chi connectivity index (χ0) is 71.0. The number of hydrogen-bond donors (Lipinski definition) is 7. The molecule has 548 valence electrons. The average Bonchev–Trinajstić information content (AvgIpc) is 0.830. The molecule has 24 heteroatoms. The molecular formula is C77H107N11O9S4. The number of carbonyl (C=O) groups excluding carboxylic acids is 5. The summed E-state index contributed by atoms with van der Waals surface area (Å²) in [5, 5.41) is 15.9. The van der Waals surface area contributed by atoms with E-state index in [2.05, 4.69) is 103 Å². The van der Waals surface area contributed by atoms with Crippen LogP contribution in [0.1, 0.15) is 144 Å². The number of anilines is 2. The van der Waals surface area contributed by atoms with Gasteiger partial charge in [0.25, 0.3) is 15.9 Å². The molecule has 101 heavy (non-hydrogen) atoms. The fraction of sp³-hybridized carbons (Fsp3) is 0.584. The summed E-state index contributed by atoms with van der Waals surface area (Å²) in [5.41, 5.74) is 11.2. The number of nitrogens with zero attached hydrogens (tertiary/aromatic N) is 5. The molecule has 3 saturated heterocycles. The maximum Gasteiger partial charge on any atom is 0.264 e. The quantitative estimate of drug-likeness (QED) is 0.00971. The SMILES string of the molecule is CCC12CC(C3=C(CN4CCN(c5ccc(C(=O)NS(=O)(=O)c6ccc(N[C@H](CCN7CCC(CNCCOCCOCCNC(=O)CCC(=O)NCC(=O)N8CCC[C@H]8C(=O)NCc8ccc(C9SC=NC9C)cc8)CC7)CSc7ccccc7)c(S)c6)cc5)CC4)CCC(C)(C)C3)(C1)C2. The lowest BCUT2D eigenvalue weighted by atomic mass is 9.31. The number of ether oxygens (including phenoxy) is 2. The van der Waals surface area contributed by atoms with Crippen molar-refractivity contribution in [3.8, 4) is 0 Å². The largest absolute Gasteiger partial charge is 0.381 e. The standard InChI is InChI=1S/C77H107N11O9S4/c1-5-76-51-77(52-76,53-76)65-45-75(3,4)29-25-60(65)49-86-36-38-87(39-37-86)62-19-17-59(18-20-62)73(92)84-101(94,95)64-21-22-66(68(98)44-64)83-61(50-99-63-10-7-6-8-11-63)28-35-85-33-26-57(27-34-85)46-78-30-40-96-42-43-97-41-31-79-69(89)23-24-70(90)80-48-71(91)88-32-9-12-67(88)74(93)81-47-56-13-15-58(16-14-56)72-55(2)82-54-100-72/h6-8,10-11,13-22,44,54-55,57,61,67,72,78,83,98H,5,9,12,23-43,45-53H2,1-4H3,(H,79,89)(H,80,90)(H,81,93)(H,84,92)/t55?,61-,67+,72?,76?,77?/m1/s1. The first kappa shape index (κ1) is 76.2. The number of piperazine rings is 1. The van der Waals surface area contributed by atoms with Crippen LogP contribution in [-0.2, 0) is 45.2 Å². The Labute approximate surface area is 613 Å². The molecule has 4 heterocycles. The monoisotopic (exact) mass is 1460 g/mol. The molecule has 12 rings (SSSR count). The highest BCUT2D eigenvalue weighted by molar-refractivity contribution is 8.12. The summed E-state index contributed by atoms with van der Waals surface area (Å²) >= 11 is 8.27. The van der Waals surface area contributed by atoms with Gasteiger partial charge in [0, 0.05) is 117 Å². The van der Waals surface area contributed by atoms with Crippen LogP contribution in [0.4, 0.5) is 11.4 Å². The first-order valence-electron chi connectivity index (χ1n) is 36.8. The fourth-order valence-electron chi connectivity index (χ4n) is 15.9. The lowest BCUT2D eigenvalue weighted by Crippen LogP contribution is -2.63. The number of benzene rings is 4. The van der Waals surface area contributed by atoms with Crippen molar-refractivity contribution in [1.29, 1.82) is 0 Å². The van der Waals surface area contributed by atoms with Gasteiger partial charge in [0.05, 0.1) is 54.7 Å². The van der Waals surface area contributed by atoms with Crippen LogP contribution in [0.25, 0.3) is 0 Å². The molecule has 5 amide bonds. The number of hydrogen-bond acceptors (Lipinski definition) is 18. The van der Waals surface area contributed by atoms with E-state index in [1.165, 1.54) is 72.4 Å². The molecule has 4 aliphatic carbocycles. The van der Waals surface area contributed by atoms with Crippen molar-refractivity contribution >= 4 is 92.6 Å². The predicted octanol–water partition coefficient (Wildman–Crippen LogP) is 10.1. The summed E-state index contributed by atoms with van der Waals surface area (Å²) in [6.45, 7) is 21.3. The lowest BCUT2D eigenvalue weighted by Gasteiger charge is -2.73. The summed E-state index contributed by atoms with van der Waals surface area (Å²) < 4.78 is 41.2. The second-order valence-electron chi connectivity index (χ2n) is 29.9. The molecule has 20 nitrogen and oxygen atoms in total. The van der Waals surface area contributed by atoms with Gasteiger partial charge in [0.15, 0.2) is 0 Å². The van der Waals surface area contributed by atoms with Crippen LogP contribution in [0, 0.1) is 22.2 Å². The van der Waals surface area contributed by atoms with Gasteiger partial charge < -0.3 is 50.8 Å². The molecule has 2 unspecified atom stereocenters. The zero-order valence-corrected chi connectivity index (χ0v) is 63.0. The van der Waals surface area contributed by atoms with Crippen molar-refractivity contribution in [1.82, 2.24) is 40.7 Å². The fourth-order valence-corrected chi connectivity index (χ4v) is 19.2. The van der Waals surface area contributed by atoms with Crippen molar-refractivity contribution < 1.29 is 41.9 Å². The molecule has 4 atom stereocenters. The van der Waals surface area contributed by atoms with Crippen molar-refractivity contribution in [2.45, 2.75) is 162 Å². The summed E-state index contributed by atoms with van der Waals surface area (Å²) in [4.78, 5) is 79.8. The van der Waals surface area contributed by atoms with Gasteiger partial charge in [-0.15, -0.1) is 36.2 Å². The van der Waals surface area contributed by atoms with E-state index in [0.29, 0.717) is 91.2 Å². The summed E-state index contributed by atoms with van der Waals surface area (Å²) in [5.74, 6) is -0.565. The molecule has 6 N–H and O–H groups in total. The topological polar surface area (TPSA) is 235 Å². The summed E-state index contributed by atoms with van der Waals surface area (Å²) in [6.07, 6.45) is 13.5. The summed E-state index contributed by atoms with van der Waals surface area (Å²) in [7, 11) is -4.20. The maximum atomic E-state index is 13.7. The average molecular weight is 1460 g/mol. The Balaban J connectivity index is 0.520. The van der Waals surface area contributed by atoms with Crippen LogP contribution in [0.3, 0.4) is 0 Å². The second-order valence-corrected chi connectivity index (χ2v) is 34.1. The van der Waals surface area contributed by atoms with E-state index in [0.717, 1.165) is 107 Å². The zero-order valence-electron chi connectivity index (χ0n) is 59.6. The number of aliphatic imine (C=N–C) groups is 1. The van der Waals surface area contributed by atoms with E-state index in [9.17, 15) is 32.4 Å². The van der Waals surface area contributed by atoms with E-state index >= 15 is 0 Å². The van der Waals surface area contributed by atoms with Crippen LogP contribution in [0.2, 0.25) is 0 Å². The van der Waals surface area contributed by atoms with Crippen LogP contribution in [0.5, 0.6) is 0 Å². The number of likely N-dealkylation sites (tertiary alicyclic amines) is 2. The van der Waals surface area contributed by atoms with Crippen LogP contribution in [0.15, 0.2) is 128 Å². The molecule has 8 aliphatic rings. The number of sulfonamides is 1. The number of allylic oxidation sites excluding steroid dienone is 1. The second kappa shape index (κ2) is 35.7. The predicted molar refractivity (Wildman–Crippen MR) is 407 cm³/mol. The number of piperidine rings is 1. The highest BCUT2D eigenvalue weighted by Crippen LogP contribution is 2.79. The maximum absolute atomic E-state index is 13.7. The Bertz CT molecular complexity index is 3620. The minimum Gasteiger partial charge on any atom is -0.381 e. The van der Waals surface area contributed by atoms with E-state index in [1.54, 1.807) is 47.3 Å². The Morgan fingerprint density at radius 3 is 2.20 bits per heavy atom. The van der Waals surface area contributed by atoms with Gasteiger partial charge in [-0.25, -0.2) is 13.1 Å². The molecule has 4 aliphatic heterocycles. The molecular weight excluding hydrogens is 1350 g/mol. The van der Waals surface area contributed by atoms with Gasteiger partial charge in [-0.05, 0) is 185 Å². The first-order chi connectivity index (χ1) is 48.7. The first-order valence-corrected chi connectivity index (χ1v) is 40.7. The van der Waals surface area contributed by atoms with E-state index in [-0.39, 0.29) is 59.7 Å². The molecule has 0 aromatic heterocycles. The molecule has 3 saturated carbocycles. The third kappa shape index (κ3) is 20.9. The van der Waals surface area contributed by atoms with E-state index < -0.39 is 27.9 Å². The van der Waals surface area contributed by atoms with Gasteiger partial charge in [-0.2, -0.15) is 0 Å². The molecule has 4 aromatic rings. The van der Waals surface area contributed by atoms with Crippen molar-refractivity contribution in [2.24, 2.45) is 27.2 Å². The molecule has 0 radical (unpaired) electrons. The van der Waals surface area contributed by atoms with Gasteiger partial charge in [-0.1, -0.05) is 80.8 Å². The van der Waals surface area contributed by atoms with Crippen LogP contribution in [-0.4, -0.2) is 194 Å². The number of rotatable bonds is 36. The third-order valence-electron chi connectivity index (χ3n) is 22.0. The number of thioether (sulfide) groups is 2. The highest BCUT2D eigenvalue weighted by Gasteiger charge is 2.68. The summed E-state index contributed by atoms with van der Waals surface area (Å²) in [6, 6.07) is 30.3. The Kier molecular flexibility index (Phi) is 26.9. The van der Waals surface area contributed by atoms with Gasteiger partial charge in [0.1, 0.15) is 6.04 Å². The molecule has 2 bridgehead atoms. The van der Waals surface area contributed by atoms with E-state index in [4.69, 9.17) is 22.1 Å². The van der Waals surface area contributed by atoms with E-state index in [1.807, 2.05) is 53.6 Å². The number of carbonyl (C=O) groups is 5. The van der Waals surface area contributed by atoms with Gasteiger partial charge in [0.2, 0.25) is 23.6 Å². The number of amides is 5. The minimum atomic E-state index is -4.20. The third-order valence-corrected chi connectivity index (χ3v) is 26.0. The van der Waals surface area contributed by atoms with Crippen molar-refractivity contribution in [3.63, 3.8) is 0 Å². The van der Waals surface area contributed by atoms with Crippen molar-refractivity contribution in [3.05, 3.63) is 125 Å². The smallest absolute Gasteiger partial charge is 0.264 e. The Morgan fingerprint density at radius 1 is 0.792 bits per heavy atom. The normalized spacial score (nSPS) is 23.2. The van der Waals surface area contributed by atoms with Crippen molar-refractivity contribution in [2.75, 3.05) is 127 Å². The number of thiol groups is 1. The Morgan fingerprint density at radius 2 is 1.50 bits per heavy atom. The van der Waals surface area contributed by atoms with Crippen LogP contribution < -0.4 is 36.2 Å². The minimum absolute atomic E-state index is 0.0287. The number of nitrogens with one attached hydrogen (secondary N) is 6. The highest BCUT2D eigenvalue weighted by atomic mass is 32.2. The molecule has 0 spiro atoms. The van der Waals surface area contributed by atoms with Gasteiger partial charge in [-0.3, -0.25) is 33.9 Å². The molecule has 4 aromatic carbocycles.